The SMILES string of the molecule is Cc1ccc(S(=O)(=O)NCCN(C2CCCCC2NS(=O)(=O)c2ccc(C)cc2)S(=O)(=O)c2ccc(C)cc2)cc1. The number of nitrogens with one attached hydrogen (secondary N) is 2. The molecule has 2 N–H and O–H groups in total. The summed E-state index contributed by atoms with van der Waals surface area (Å²) in [5.74, 6) is 0. The van der Waals surface area contributed by atoms with Crippen LogP contribution in [0.4, 0.5) is 0 Å². The normalized spacial score (nSPS) is 18.4. The molecule has 12 heteroatoms. The topological polar surface area (TPSA) is 130 Å². The van der Waals surface area contributed by atoms with E-state index in [9.17, 15) is 25.3 Å². The van der Waals surface area contributed by atoms with Crippen LogP contribution in [0.1, 0.15) is 42.4 Å². The number of aryl methyl sites for hydroxylation is 3. The lowest BCUT2D eigenvalue weighted by Crippen LogP contribution is -2.56. The predicted molar refractivity (Wildman–Crippen MR) is 159 cm³/mol. The largest absolute Gasteiger partial charge is 0.243 e. The fraction of sp³-hybridized carbons (Fsp3) is 0.379. The Morgan fingerprint density at radius 3 is 1.59 bits per heavy atom. The first-order valence-corrected chi connectivity index (χ1v) is 17.9. The number of hydrogen-bond donors (Lipinski definition) is 2. The van der Waals surface area contributed by atoms with Gasteiger partial charge >= 0.3 is 0 Å². The van der Waals surface area contributed by atoms with Crippen LogP contribution >= 0.6 is 0 Å². The lowest BCUT2D eigenvalue weighted by atomic mass is 9.91. The van der Waals surface area contributed by atoms with Crippen LogP contribution in [0.15, 0.2) is 87.5 Å². The number of sulfonamides is 3. The van der Waals surface area contributed by atoms with Gasteiger partial charge in [0.25, 0.3) is 0 Å². The van der Waals surface area contributed by atoms with Gasteiger partial charge in [0.2, 0.25) is 30.1 Å². The lowest BCUT2D eigenvalue weighted by molar-refractivity contribution is 0.216. The quantitative estimate of drug-likeness (QED) is 0.335. The maximum Gasteiger partial charge on any atom is 0.243 e. The smallest absolute Gasteiger partial charge is 0.210 e. The van der Waals surface area contributed by atoms with Crippen LogP contribution < -0.4 is 9.44 Å². The Morgan fingerprint density at radius 2 is 1.07 bits per heavy atom. The maximum atomic E-state index is 14.0. The van der Waals surface area contributed by atoms with Crippen molar-refractivity contribution in [3.8, 4) is 0 Å². The van der Waals surface area contributed by atoms with E-state index in [0.29, 0.717) is 19.3 Å². The van der Waals surface area contributed by atoms with Gasteiger partial charge in [-0.05, 0) is 70.0 Å². The van der Waals surface area contributed by atoms with Gasteiger partial charge in [0.1, 0.15) is 0 Å². The summed E-state index contributed by atoms with van der Waals surface area (Å²) in [4.78, 5) is 0.249. The summed E-state index contributed by atoms with van der Waals surface area (Å²) in [5.41, 5.74) is 2.72. The molecule has 0 spiro atoms. The molecular formula is C29H37N3O6S3. The summed E-state index contributed by atoms with van der Waals surface area (Å²) in [5, 5.41) is 0. The van der Waals surface area contributed by atoms with Crippen molar-refractivity contribution in [1.29, 1.82) is 0 Å². The highest BCUT2D eigenvalue weighted by atomic mass is 32.2. The molecule has 1 aliphatic rings. The minimum absolute atomic E-state index is 0.0650. The molecule has 1 saturated carbocycles. The van der Waals surface area contributed by atoms with Crippen molar-refractivity contribution < 1.29 is 25.3 Å². The van der Waals surface area contributed by atoms with Crippen molar-refractivity contribution in [3.63, 3.8) is 0 Å². The van der Waals surface area contributed by atoms with Crippen molar-refractivity contribution in [3.05, 3.63) is 89.5 Å². The van der Waals surface area contributed by atoms with Crippen molar-refractivity contribution in [1.82, 2.24) is 13.7 Å². The first kappa shape index (κ1) is 31.3. The molecule has 2 atom stereocenters. The van der Waals surface area contributed by atoms with Gasteiger partial charge in [-0.1, -0.05) is 65.9 Å². The van der Waals surface area contributed by atoms with Crippen LogP contribution in [0.2, 0.25) is 0 Å². The lowest BCUT2D eigenvalue weighted by Gasteiger charge is -2.39. The zero-order valence-corrected chi connectivity index (χ0v) is 25.9. The third-order valence-electron chi connectivity index (χ3n) is 7.32. The molecular weight excluding hydrogens is 583 g/mol. The van der Waals surface area contributed by atoms with E-state index in [1.54, 1.807) is 36.4 Å². The van der Waals surface area contributed by atoms with Gasteiger partial charge in [0.15, 0.2) is 0 Å². The van der Waals surface area contributed by atoms with Crippen molar-refractivity contribution >= 4 is 30.1 Å². The van der Waals surface area contributed by atoms with Gasteiger partial charge in [-0.15, -0.1) is 0 Å². The number of rotatable bonds is 11. The van der Waals surface area contributed by atoms with E-state index in [-0.39, 0.29) is 27.8 Å². The monoisotopic (exact) mass is 619 g/mol. The fourth-order valence-corrected chi connectivity index (χ4v) is 9.00. The third kappa shape index (κ3) is 7.62. The van der Waals surface area contributed by atoms with Gasteiger partial charge in [0.05, 0.1) is 14.7 Å². The second-order valence-corrected chi connectivity index (χ2v) is 15.9. The Kier molecular flexibility index (Phi) is 9.72. The fourth-order valence-electron chi connectivity index (χ4n) is 4.98. The molecule has 0 bridgehead atoms. The molecule has 222 valence electrons. The molecule has 0 saturated heterocycles. The molecule has 9 nitrogen and oxygen atoms in total. The van der Waals surface area contributed by atoms with E-state index >= 15 is 0 Å². The molecule has 0 aliphatic heterocycles. The molecule has 2 unspecified atom stereocenters. The summed E-state index contributed by atoms with van der Waals surface area (Å²) in [6.07, 6.45) is 2.32. The van der Waals surface area contributed by atoms with Gasteiger partial charge in [-0.3, -0.25) is 0 Å². The highest BCUT2D eigenvalue weighted by Gasteiger charge is 2.39. The van der Waals surface area contributed by atoms with Gasteiger partial charge in [-0.2, -0.15) is 4.31 Å². The van der Waals surface area contributed by atoms with E-state index in [1.807, 2.05) is 20.8 Å². The third-order valence-corrected chi connectivity index (χ3v) is 12.2. The molecule has 1 fully saturated rings. The van der Waals surface area contributed by atoms with Crippen molar-refractivity contribution in [2.45, 2.75) is 73.2 Å². The predicted octanol–water partition coefficient (Wildman–Crippen LogP) is 3.87. The van der Waals surface area contributed by atoms with E-state index in [0.717, 1.165) is 23.1 Å². The molecule has 4 rings (SSSR count). The first-order chi connectivity index (χ1) is 19.3. The van der Waals surface area contributed by atoms with Gasteiger partial charge < -0.3 is 0 Å². The molecule has 3 aromatic rings. The van der Waals surface area contributed by atoms with Gasteiger partial charge in [0, 0.05) is 25.2 Å². The minimum atomic E-state index is -4.10. The minimum Gasteiger partial charge on any atom is -0.210 e. The van der Waals surface area contributed by atoms with Crippen LogP contribution in [-0.4, -0.2) is 54.7 Å². The van der Waals surface area contributed by atoms with Crippen molar-refractivity contribution in [2.24, 2.45) is 0 Å². The average molecular weight is 620 g/mol. The van der Waals surface area contributed by atoms with E-state index in [2.05, 4.69) is 9.44 Å². The Balaban J connectivity index is 1.63. The van der Waals surface area contributed by atoms with E-state index < -0.39 is 42.2 Å². The zero-order valence-electron chi connectivity index (χ0n) is 23.4. The van der Waals surface area contributed by atoms with Crippen LogP contribution in [0, 0.1) is 20.8 Å². The zero-order chi connectivity index (χ0) is 29.8. The van der Waals surface area contributed by atoms with Crippen LogP contribution in [0.5, 0.6) is 0 Å². The Labute approximate surface area is 244 Å². The molecule has 0 amide bonds. The van der Waals surface area contributed by atoms with Crippen LogP contribution in [0.25, 0.3) is 0 Å². The van der Waals surface area contributed by atoms with Gasteiger partial charge in [-0.25, -0.2) is 34.7 Å². The summed E-state index contributed by atoms with van der Waals surface area (Å²) < 4.78 is 87.0. The molecule has 0 aromatic heterocycles. The standard InChI is InChI=1S/C29H37N3O6S3/c1-22-8-14-25(15-9-22)39(33,34)30-20-21-32(41(37,38)27-18-12-24(3)13-19-27)29-7-5-4-6-28(29)31-40(35,36)26-16-10-23(2)11-17-26/h8-19,28-31H,4-7,20-21H2,1-3H3. The second-order valence-electron chi connectivity index (χ2n) is 10.5. The highest BCUT2D eigenvalue weighted by Crippen LogP contribution is 2.29. The Bertz CT molecular complexity index is 1650. The van der Waals surface area contributed by atoms with Crippen molar-refractivity contribution in [2.75, 3.05) is 13.1 Å². The van der Waals surface area contributed by atoms with Crippen LogP contribution in [0.3, 0.4) is 0 Å². The second kappa shape index (κ2) is 12.7. The highest BCUT2D eigenvalue weighted by molar-refractivity contribution is 7.90. The molecule has 0 heterocycles. The average Bonchev–Trinajstić information content (AvgIpc) is 2.92. The first-order valence-electron chi connectivity index (χ1n) is 13.5. The molecule has 41 heavy (non-hydrogen) atoms. The number of nitrogens with zero attached hydrogens (tertiary/aromatic N) is 1. The maximum absolute atomic E-state index is 14.0. The molecule has 0 radical (unpaired) electrons. The molecule has 1 aliphatic carbocycles. The summed E-state index contributed by atoms with van der Waals surface area (Å²) in [6.45, 7) is 5.21. The summed E-state index contributed by atoms with van der Waals surface area (Å²) >= 11 is 0. The Morgan fingerprint density at radius 1 is 0.634 bits per heavy atom. The molecule has 3 aromatic carbocycles. The summed E-state index contributed by atoms with van der Waals surface area (Å²) in [6, 6.07) is 17.9. The number of benzene rings is 3. The van der Waals surface area contributed by atoms with E-state index in [1.165, 1.54) is 40.7 Å². The van der Waals surface area contributed by atoms with E-state index in [4.69, 9.17) is 0 Å². The Hall–Kier alpha value is -2.61. The number of hydrogen-bond acceptors (Lipinski definition) is 6. The summed E-state index contributed by atoms with van der Waals surface area (Å²) in [7, 11) is -11.9. The van der Waals surface area contributed by atoms with Crippen LogP contribution in [-0.2, 0) is 30.1 Å².